The van der Waals surface area contributed by atoms with Crippen LogP contribution in [0.25, 0.3) is 9.88 Å². The van der Waals surface area contributed by atoms with Crippen molar-refractivity contribution in [3.05, 3.63) is 57.9 Å². The quantitative estimate of drug-likeness (QED) is 0.701. The van der Waals surface area contributed by atoms with Crippen LogP contribution in [-0.2, 0) is 11.3 Å². The van der Waals surface area contributed by atoms with Gasteiger partial charge in [-0.15, -0.1) is 22.7 Å². The maximum absolute atomic E-state index is 12.6. The van der Waals surface area contributed by atoms with E-state index in [0.717, 1.165) is 39.8 Å². The number of anilines is 1. The summed E-state index contributed by atoms with van der Waals surface area (Å²) >= 11 is 3.04. The molecule has 1 saturated heterocycles. The number of hydrogen-bond donors (Lipinski definition) is 1. The molecule has 0 atom stereocenters. The second-order valence-corrected chi connectivity index (χ2v) is 8.36. The Morgan fingerprint density at radius 1 is 1.26 bits per heavy atom. The van der Waals surface area contributed by atoms with E-state index in [1.807, 2.05) is 53.6 Å². The molecule has 27 heavy (non-hydrogen) atoms. The Bertz CT molecular complexity index is 962. The van der Waals surface area contributed by atoms with E-state index >= 15 is 0 Å². The first-order chi connectivity index (χ1) is 13.1. The topological polar surface area (TPSA) is 62.3 Å². The highest BCUT2D eigenvalue weighted by molar-refractivity contribution is 7.22. The lowest BCUT2D eigenvalue weighted by molar-refractivity contribution is -0.117. The molecule has 1 fully saturated rings. The van der Waals surface area contributed by atoms with Gasteiger partial charge in [-0.2, -0.15) is 0 Å². The number of thiazole rings is 1. The highest BCUT2D eigenvalue weighted by Crippen LogP contribution is 2.31. The van der Waals surface area contributed by atoms with Gasteiger partial charge in [0.1, 0.15) is 9.88 Å². The zero-order valence-corrected chi connectivity index (χ0v) is 16.5. The van der Waals surface area contributed by atoms with Gasteiger partial charge in [0.2, 0.25) is 5.91 Å². The van der Waals surface area contributed by atoms with Crippen LogP contribution >= 0.6 is 22.7 Å². The van der Waals surface area contributed by atoms with Crippen molar-refractivity contribution in [3.8, 4) is 9.88 Å². The molecule has 2 amide bonds. The van der Waals surface area contributed by atoms with Gasteiger partial charge < -0.3 is 10.2 Å². The van der Waals surface area contributed by atoms with Crippen LogP contribution in [0.1, 0.15) is 33.8 Å². The molecule has 1 aliphatic rings. The number of amides is 2. The van der Waals surface area contributed by atoms with Crippen LogP contribution in [-0.4, -0.2) is 23.3 Å². The number of aryl methyl sites for hydroxylation is 1. The van der Waals surface area contributed by atoms with Gasteiger partial charge in [0.15, 0.2) is 0 Å². The van der Waals surface area contributed by atoms with E-state index < -0.39 is 0 Å². The van der Waals surface area contributed by atoms with E-state index in [1.54, 1.807) is 11.3 Å². The molecule has 2 aromatic heterocycles. The molecule has 1 aliphatic heterocycles. The van der Waals surface area contributed by atoms with Crippen molar-refractivity contribution in [2.45, 2.75) is 26.3 Å². The molecule has 4 rings (SSSR count). The van der Waals surface area contributed by atoms with Gasteiger partial charge in [0.05, 0.1) is 10.6 Å². The molecule has 5 nitrogen and oxygen atoms in total. The van der Waals surface area contributed by atoms with Crippen LogP contribution in [0.2, 0.25) is 0 Å². The molecule has 3 heterocycles. The summed E-state index contributed by atoms with van der Waals surface area (Å²) in [5, 5.41) is 5.85. The number of benzene rings is 1. The molecule has 1 aromatic carbocycles. The van der Waals surface area contributed by atoms with E-state index in [0.29, 0.717) is 17.8 Å². The summed E-state index contributed by atoms with van der Waals surface area (Å²) in [6.07, 6.45) is 1.54. The second kappa shape index (κ2) is 7.62. The average Bonchev–Trinajstić information content (AvgIpc) is 3.41. The highest BCUT2D eigenvalue weighted by atomic mass is 32.1. The van der Waals surface area contributed by atoms with Crippen LogP contribution in [0.3, 0.4) is 0 Å². The zero-order chi connectivity index (χ0) is 18.8. The lowest BCUT2D eigenvalue weighted by Gasteiger charge is -2.16. The summed E-state index contributed by atoms with van der Waals surface area (Å²) in [7, 11) is 0. The minimum atomic E-state index is -0.105. The number of nitrogens with zero attached hydrogens (tertiary/aromatic N) is 2. The van der Waals surface area contributed by atoms with Crippen molar-refractivity contribution >= 4 is 40.2 Å². The van der Waals surface area contributed by atoms with E-state index in [2.05, 4.69) is 10.3 Å². The van der Waals surface area contributed by atoms with E-state index in [1.165, 1.54) is 11.3 Å². The Morgan fingerprint density at radius 3 is 2.74 bits per heavy atom. The first-order valence-corrected chi connectivity index (χ1v) is 10.5. The summed E-state index contributed by atoms with van der Waals surface area (Å²) in [4.78, 5) is 32.4. The van der Waals surface area contributed by atoms with Crippen LogP contribution in [0.4, 0.5) is 5.69 Å². The molecule has 1 N–H and O–H groups in total. The lowest BCUT2D eigenvalue weighted by atomic mass is 10.2. The third-order valence-corrected chi connectivity index (χ3v) is 6.70. The first-order valence-electron chi connectivity index (χ1n) is 8.80. The SMILES string of the molecule is Cc1nc(-c2cccs2)sc1C(=O)NCc1ccc(N2CCCC2=O)cc1. The van der Waals surface area contributed by atoms with Gasteiger partial charge in [0, 0.05) is 25.2 Å². The number of nitrogens with one attached hydrogen (secondary N) is 1. The highest BCUT2D eigenvalue weighted by Gasteiger charge is 2.21. The first kappa shape index (κ1) is 17.9. The average molecular weight is 398 g/mol. The van der Waals surface area contributed by atoms with Crippen molar-refractivity contribution in [2.24, 2.45) is 0 Å². The molecule has 0 aliphatic carbocycles. The zero-order valence-electron chi connectivity index (χ0n) is 14.9. The molecule has 7 heteroatoms. The number of rotatable bonds is 5. The van der Waals surface area contributed by atoms with Gasteiger partial charge in [-0.1, -0.05) is 18.2 Å². The molecule has 0 radical (unpaired) electrons. The Morgan fingerprint density at radius 2 is 2.07 bits per heavy atom. The van der Waals surface area contributed by atoms with Gasteiger partial charge in [0.25, 0.3) is 5.91 Å². The predicted molar refractivity (Wildman–Crippen MR) is 109 cm³/mol. The predicted octanol–water partition coefficient (Wildman–Crippen LogP) is 4.24. The minimum absolute atomic E-state index is 0.105. The third-order valence-electron chi connectivity index (χ3n) is 4.51. The molecule has 0 saturated carbocycles. The molecule has 3 aromatic rings. The standard InChI is InChI=1S/C20H19N3O2S2/c1-13-18(27-20(22-13)16-4-3-11-26-16)19(25)21-12-14-6-8-15(9-7-14)23-10-2-5-17(23)24/h3-4,6-9,11H,2,5,10,12H2,1H3,(H,21,25). The van der Waals surface area contributed by atoms with Crippen molar-refractivity contribution in [3.63, 3.8) is 0 Å². The normalized spacial score (nSPS) is 14.0. The van der Waals surface area contributed by atoms with Gasteiger partial charge in [-0.25, -0.2) is 4.98 Å². The fourth-order valence-corrected chi connectivity index (χ4v) is 4.87. The summed E-state index contributed by atoms with van der Waals surface area (Å²) < 4.78 is 0. The Hall–Kier alpha value is -2.51. The van der Waals surface area contributed by atoms with Crippen LogP contribution in [0.15, 0.2) is 41.8 Å². The fourth-order valence-electron chi connectivity index (χ4n) is 3.09. The lowest BCUT2D eigenvalue weighted by Crippen LogP contribution is -2.24. The van der Waals surface area contributed by atoms with Crippen LogP contribution in [0.5, 0.6) is 0 Å². The molecular formula is C20H19N3O2S2. The molecule has 138 valence electrons. The van der Waals surface area contributed by atoms with Gasteiger partial charge >= 0.3 is 0 Å². The number of aromatic nitrogens is 1. The van der Waals surface area contributed by atoms with Crippen molar-refractivity contribution in [1.29, 1.82) is 0 Å². The van der Waals surface area contributed by atoms with Crippen molar-refractivity contribution in [1.82, 2.24) is 10.3 Å². The maximum Gasteiger partial charge on any atom is 0.263 e. The number of carbonyl (C=O) groups excluding carboxylic acids is 2. The smallest absolute Gasteiger partial charge is 0.263 e. The van der Waals surface area contributed by atoms with Gasteiger partial charge in [-0.05, 0) is 42.5 Å². The maximum atomic E-state index is 12.6. The van der Waals surface area contributed by atoms with Crippen molar-refractivity contribution in [2.75, 3.05) is 11.4 Å². The largest absolute Gasteiger partial charge is 0.347 e. The Labute approximate surface area is 165 Å². The van der Waals surface area contributed by atoms with Crippen LogP contribution in [0, 0.1) is 6.92 Å². The third kappa shape index (κ3) is 3.79. The molecule has 0 spiro atoms. The number of carbonyl (C=O) groups is 2. The van der Waals surface area contributed by atoms with E-state index in [9.17, 15) is 9.59 Å². The summed E-state index contributed by atoms with van der Waals surface area (Å²) in [6.45, 7) is 3.09. The van der Waals surface area contributed by atoms with E-state index in [4.69, 9.17) is 0 Å². The van der Waals surface area contributed by atoms with E-state index in [-0.39, 0.29) is 11.8 Å². The van der Waals surface area contributed by atoms with Crippen molar-refractivity contribution < 1.29 is 9.59 Å². The Balaban J connectivity index is 1.40. The summed E-state index contributed by atoms with van der Waals surface area (Å²) in [5.41, 5.74) is 2.68. The molecular weight excluding hydrogens is 378 g/mol. The Kier molecular flexibility index (Phi) is 5.05. The minimum Gasteiger partial charge on any atom is -0.347 e. The monoisotopic (exact) mass is 397 g/mol. The summed E-state index contributed by atoms with van der Waals surface area (Å²) in [5.74, 6) is 0.0740. The second-order valence-electron chi connectivity index (χ2n) is 6.41. The molecule has 0 unspecified atom stereocenters. The summed E-state index contributed by atoms with van der Waals surface area (Å²) in [6, 6.07) is 11.8. The fraction of sp³-hybridized carbons (Fsp3) is 0.250. The van der Waals surface area contributed by atoms with Gasteiger partial charge in [-0.3, -0.25) is 9.59 Å². The number of thiophene rings is 1. The number of hydrogen-bond acceptors (Lipinski definition) is 5. The molecule has 0 bridgehead atoms. The van der Waals surface area contributed by atoms with Crippen LogP contribution < -0.4 is 10.2 Å².